The molecule has 0 aliphatic heterocycles. The van der Waals surface area contributed by atoms with Crippen molar-refractivity contribution < 1.29 is 13.9 Å². The summed E-state index contributed by atoms with van der Waals surface area (Å²) in [5.74, 6) is 2.13. The summed E-state index contributed by atoms with van der Waals surface area (Å²) < 4.78 is 21.5. The van der Waals surface area contributed by atoms with Gasteiger partial charge in [0.1, 0.15) is 12.4 Å². The molecule has 39 heavy (non-hydrogen) atoms. The van der Waals surface area contributed by atoms with Gasteiger partial charge in [0, 0.05) is 17.3 Å². The number of benzene rings is 2. The van der Waals surface area contributed by atoms with Gasteiger partial charge in [-0.25, -0.2) is 24.1 Å². The average molecular weight is 524 g/mol. The lowest BCUT2D eigenvalue weighted by Gasteiger charge is -2.57. The Morgan fingerprint density at radius 2 is 1.64 bits per heavy atom. The molecule has 0 saturated heterocycles. The van der Waals surface area contributed by atoms with E-state index in [1.807, 2.05) is 42.7 Å². The molecule has 8 heteroatoms. The molecule has 0 radical (unpaired) electrons. The number of carbonyl (C=O) groups is 1. The number of aromatic nitrogens is 4. The molecule has 2 aromatic carbocycles. The molecule has 2 aromatic heterocycles. The standard InChI is InChI=1S/C31H30FN5O2/c32-25-8-6-24(7-9-25)27-28(37(19-34-27)31-15-21-12-22(16-31)14-23(13-21)17-31)26-10-11-33-29(35-26)36-30(38)39-18-20-4-2-1-3-5-20/h1-11,19,21-23H,12-18H2,(H,33,35,36,38). The molecule has 4 aliphatic carbocycles. The number of hydrogen-bond donors (Lipinski definition) is 1. The minimum Gasteiger partial charge on any atom is -0.444 e. The number of nitrogens with one attached hydrogen (secondary N) is 1. The number of halogens is 1. The molecule has 0 unspecified atom stereocenters. The Labute approximate surface area is 226 Å². The lowest BCUT2D eigenvalue weighted by molar-refractivity contribution is -0.0423. The summed E-state index contributed by atoms with van der Waals surface area (Å²) in [5, 5.41) is 2.67. The van der Waals surface area contributed by atoms with Gasteiger partial charge in [0.05, 0.1) is 23.4 Å². The topological polar surface area (TPSA) is 81.9 Å². The van der Waals surface area contributed by atoms with Gasteiger partial charge in [-0.1, -0.05) is 30.3 Å². The van der Waals surface area contributed by atoms with Crippen molar-refractivity contribution in [3.8, 4) is 22.6 Å². The predicted molar refractivity (Wildman–Crippen MR) is 145 cm³/mol. The zero-order valence-electron chi connectivity index (χ0n) is 21.6. The largest absolute Gasteiger partial charge is 0.444 e. The molecule has 1 amide bonds. The van der Waals surface area contributed by atoms with Gasteiger partial charge in [0.25, 0.3) is 0 Å². The van der Waals surface area contributed by atoms with E-state index in [1.54, 1.807) is 18.3 Å². The first-order valence-corrected chi connectivity index (χ1v) is 13.7. The fourth-order valence-corrected chi connectivity index (χ4v) is 7.53. The van der Waals surface area contributed by atoms with Gasteiger partial charge in [-0.2, -0.15) is 0 Å². The highest BCUT2D eigenvalue weighted by molar-refractivity contribution is 5.83. The van der Waals surface area contributed by atoms with Crippen molar-refractivity contribution in [2.45, 2.75) is 50.7 Å². The van der Waals surface area contributed by atoms with E-state index in [0.29, 0.717) is 5.69 Å². The van der Waals surface area contributed by atoms with Crippen LogP contribution in [0.15, 0.2) is 73.2 Å². The number of nitrogens with zero attached hydrogens (tertiary/aromatic N) is 4. The van der Waals surface area contributed by atoms with Crippen LogP contribution in [0.5, 0.6) is 0 Å². The Kier molecular flexibility index (Phi) is 5.90. The van der Waals surface area contributed by atoms with Crippen molar-refractivity contribution >= 4 is 12.0 Å². The first kappa shape index (κ1) is 24.0. The van der Waals surface area contributed by atoms with Crippen LogP contribution in [0, 0.1) is 23.6 Å². The van der Waals surface area contributed by atoms with E-state index in [-0.39, 0.29) is 23.9 Å². The van der Waals surface area contributed by atoms with E-state index in [9.17, 15) is 9.18 Å². The van der Waals surface area contributed by atoms with Crippen molar-refractivity contribution in [1.29, 1.82) is 0 Å². The molecular weight excluding hydrogens is 493 g/mol. The first-order chi connectivity index (χ1) is 19.0. The van der Waals surface area contributed by atoms with Crippen LogP contribution in [0.3, 0.4) is 0 Å². The molecule has 4 aromatic rings. The molecule has 4 aliphatic rings. The fraction of sp³-hybridized carbons (Fsp3) is 0.355. The highest BCUT2D eigenvalue weighted by atomic mass is 19.1. The zero-order valence-corrected chi connectivity index (χ0v) is 21.6. The average Bonchev–Trinajstić information content (AvgIpc) is 3.39. The number of ether oxygens (including phenoxy) is 1. The Bertz CT molecular complexity index is 1470. The Balaban J connectivity index is 1.23. The summed E-state index contributed by atoms with van der Waals surface area (Å²) in [7, 11) is 0. The van der Waals surface area contributed by atoms with Crippen LogP contribution in [0.25, 0.3) is 22.6 Å². The van der Waals surface area contributed by atoms with Crippen LogP contribution in [-0.2, 0) is 16.9 Å². The predicted octanol–water partition coefficient (Wildman–Crippen LogP) is 6.82. The summed E-state index contributed by atoms with van der Waals surface area (Å²) >= 11 is 0. The minimum absolute atomic E-state index is 0.00250. The third-order valence-electron chi connectivity index (χ3n) is 8.73. The van der Waals surface area contributed by atoms with Crippen LogP contribution >= 0.6 is 0 Å². The van der Waals surface area contributed by atoms with Gasteiger partial charge >= 0.3 is 6.09 Å². The molecule has 4 fully saturated rings. The number of anilines is 1. The molecule has 0 atom stereocenters. The number of rotatable bonds is 6. The summed E-state index contributed by atoms with van der Waals surface area (Å²) in [6.07, 6.45) is 10.4. The van der Waals surface area contributed by atoms with E-state index in [2.05, 4.69) is 14.9 Å². The zero-order chi connectivity index (χ0) is 26.4. The highest BCUT2D eigenvalue weighted by Gasteiger charge is 2.52. The molecule has 4 bridgehead atoms. The van der Waals surface area contributed by atoms with Crippen LogP contribution in [0.4, 0.5) is 15.1 Å². The van der Waals surface area contributed by atoms with Crippen molar-refractivity contribution in [2.24, 2.45) is 17.8 Å². The number of carbonyl (C=O) groups excluding carboxylic acids is 1. The van der Waals surface area contributed by atoms with E-state index < -0.39 is 6.09 Å². The lowest BCUT2D eigenvalue weighted by atomic mass is 9.53. The summed E-state index contributed by atoms with van der Waals surface area (Å²) in [5.41, 5.74) is 4.02. The van der Waals surface area contributed by atoms with Crippen LogP contribution in [0.1, 0.15) is 44.1 Å². The van der Waals surface area contributed by atoms with Gasteiger partial charge in [-0.15, -0.1) is 0 Å². The highest BCUT2D eigenvalue weighted by Crippen LogP contribution is 2.59. The van der Waals surface area contributed by atoms with E-state index in [1.165, 1.54) is 31.4 Å². The third kappa shape index (κ3) is 4.58. The van der Waals surface area contributed by atoms with Gasteiger partial charge in [-0.05, 0) is 92.2 Å². The first-order valence-electron chi connectivity index (χ1n) is 13.7. The summed E-state index contributed by atoms with van der Waals surface area (Å²) in [6, 6.07) is 17.8. The van der Waals surface area contributed by atoms with Crippen LogP contribution < -0.4 is 5.32 Å². The molecule has 7 nitrogen and oxygen atoms in total. The van der Waals surface area contributed by atoms with E-state index >= 15 is 0 Å². The van der Waals surface area contributed by atoms with Crippen LogP contribution in [-0.4, -0.2) is 25.6 Å². The molecule has 8 rings (SSSR count). The SMILES string of the molecule is O=C(Nc1nccc(-c2c(-c3ccc(F)cc3)ncn2C23CC4CC(CC(C4)C2)C3)n1)OCc1ccccc1. The van der Waals surface area contributed by atoms with Gasteiger partial charge in [0.2, 0.25) is 5.95 Å². The second-order valence-corrected chi connectivity index (χ2v) is 11.4. The third-order valence-corrected chi connectivity index (χ3v) is 8.73. The van der Waals surface area contributed by atoms with Gasteiger partial charge in [-0.3, -0.25) is 5.32 Å². The number of imidazole rings is 1. The van der Waals surface area contributed by atoms with Crippen molar-refractivity contribution in [3.63, 3.8) is 0 Å². The molecule has 198 valence electrons. The second-order valence-electron chi connectivity index (χ2n) is 11.4. The maximum atomic E-state index is 13.8. The molecular formula is C31H30FN5O2. The Morgan fingerprint density at radius 3 is 2.33 bits per heavy atom. The van der Waals surface area contributed by atoms with E-state index in [0.717, 1.165) is 59.5 Å². The lowest BCUT2D eigenvalue weighted by Crippen LogP contribution is -2.51. The van der Waals surface area contributed by atoms with Crippen molar-refractivity contribution in [2.75, 3.05) is 5.32 Å². The maximum absolute atomic E-state index is 13.8. The Hall–Kier alpha value is -4.07. The quantitative estimate of drug-likeness (QED) is 0.300. The van der Waals surface area contributed by atoms with Crippen molar-refractivity contribution in [1.82, 2.24) is 19.5 Å². The fourth-order valence-electron chi connectivity index (χ4n) is 7.53. The number of hydrogen-bond acceptors (Lipinski definition) is 5. The smallest absolute Gasteiger partial charge is 0.414 e. The van der Waals surface area contributed by atoms with Gasteiger partial charge < -0.3 is 9.30 Å². The minimum atomic E-state index is -0.621. The molecule has 4 saturated carbocycles. The molecule has 0 spiro atoms. The second kappa shape index (κ2) is 9.59. The molecule has 1 N–H and O–H groups in total. The number of amides is 1. The summed E-state index contributed by atoms with van der Waals surface area (Å²) in [6.45, 7) is 0.153. The van der Waals surface area contributed by atoms with E-state index in [4.69, 9.17) is 14.7 Å². The van der Waals surface area contributed by atoms with Crippen molar-refractivity contribution in [3.05, 3.63) is 84.6 Å². The normalized spacial score (nSPS) is 25.0. The summed E-state index contributed by atoms with van der Waals surface area (Å²) in [4.78, 5) is 26.4. The monoisotopic (exact) mass is 523 g/mol. The molecule has 2 heterocycles. The maximum Gasteiger partial charge on any atom is 0.414 e. The van der Waals surface area contributed by atoms with Gasteiger partial charge in [0.15, 0.2) is 0 Å². The Morgan fingerprint density at radius 1 is 0.949 bits per heavy atom. The van der Waals surface area contributed by atoms with Crippen LogP contribution in [0.2, 0.25) is 0 Å².